The van der Waals surface area contributed by atoms with E-state index in [1.54, 1.807) is 7.11 Å². The van der Waals surface area contributed by atoms with Gasteiger partial charge < -0.3 is 52.1 Å². The molecule has 0 radical (unpaired) electrons. The number of hydrogen-bond donors (Lipinski definition) is 0. The first-order chi connectivity index (χ1) is 20.3. The van der Waals surface area contributed by atoms with Crippen molar-refractivity contribution in [3.63, 3.8) is 0 Å². The molecule has 12 nitrogen and oxygen atoms in total. The third-order valence-electron chi connectivity index (χ3n) is 5.38. The Labute approximate surface area is 247 Å². The molecule has 0 aromatic rings. The Morgan fingerprint density at radius 3 is 1.00 bits per heavy atom. The van der Waals surface area contributed by atoms with Crippen LogP contribution in [0.25, 0.3) is 0 Å². The molecule has 0 bridgehead atoms. The predicted octanol–water partition coefficient (Wildman–Crippen LogP) is 2.69. The highest BCUT2D eigenvalue weighted by molar-refractivity contribution is 5.69. The fraction of sp³-hybridized carbons (Fsp3) is 0.966. The van der Waals surface area contributed by atoms with Gasteiger partial charge >= 0.3 is 5.97 Å². The van der Waals surface area contributed by atoms with Crippen molar-refractivity contribution in [2.45, 2.75) is 45.4 Å². The minimum Gasteiger partial charge on any atom is -0.463 e. The summed E-state index contributed by atoms with van der Waals surface area (Å²) in [5.41, 5.74) is 0. The lowest BCUT2D eigenvalue weighted by Gasteiger charge is -2.09. The second-order valence-electron chi connectivity index (χ2n) is 8.89. The maximum atomic E-state index is 11.6. The summed E-state index contributed by atoms with van der Waals surface area (Å²) >= 11 is 0. The molecule has 0 N–H and O–H groups in total. The minimum atomic E-state index is -0.145. The normalized spacial score (nSPS) is 11.4. The summed E-state index contributed by atoms with van der Waals surface area (Å²) in [5.74, 6) is -0.145. The fourth-order valence-corrected chi connectivity index (χ4v) is 3.16. The average Bonchev–Trinajstić information content (AvgIpc) is 2.98. The number of hydrogen-bond acceptors (Lipinski definition) is 12. The van der Waals surface area contributed by atoms with E-state index >= 15 is 0 Å². The van der Waals surface area contributed by atoms with Gasteiger partial charge in [0.05, 0.1) is 126 Å². The molecule has 41 heavy (non-hydrogen) atoms. The van der Waals surface area contributed by atoms with Crippen LogP contribution >= 0.6 is 0 Å². The smallest absolute Gasteiger partial charge is 0.305 e. The Hall–Kier alpha value is -0.930. The maximum Gasteiger partial charge on any atom is 0.305 e. The molecule has 0 aromatic heterocycles. The van der Waals surface area contributed by atoms with Crippen molar-refractivity contribution in [3.8, 4) is 0 Å². The maximum absolute atomic E-state index is 11.6. The van der Waals surface area contributed by atoms with E-state index in [2.05, 4.69) is 6.92 Å². The van der Waals surface area contributed by atoms with Crippen LogP contribution in [0.2, 0.25) is 0 Å². The standard InChI is InChI=1S/C29H58O12/c1-3-4-5-6-7-8-29(30)41-28-27-40-26-25-39-24-23-38-22-21-37-20-19-36-18-17-35-16-15-34-14-13-33-12-11-32-10-9-31-2/h3-28H2,1-2H3. The second-order valence-corrected chi connectivity index (χ2v) is 8.89. The van der Waals surface area contributed by atoms with Crippen LogP contribution in [-0.4, -0.2) is 145 Å². The molecular weight excluding hydrogens is 540 g/mol. The van der Waals surface area contributed by atoms with Crippen LogP contribution in [0.1, 0.15) is 45.4 Å². The molecule has 0 saturated carbocycles. The molecule has 246 valence electrons. The van der Waals surface area contributed by atoms with Gasteiger partial charge in [-0.1, -0.05) is 32.6 Å². The van der Waals surface area contributed by atoms with E-state index in [4.69, 9.17) is 52.1 Å². The van der Waals surface area contributed by atoms with Gasteiger partial charge in [0.1, 0.15) is 6.61 Å². The lowest BCUT2D eigenvalue weighted by Crippen LogP contribution is -2.15. The molecule has 0 rings (SSSR count). The Morgan fingerprint density at radius 1 is 0.390 bits per heavy atom. The van der Waals surface area contributed by atoms with Gasteiger partial charge in [0, 0.05) is 13.5 Å². The monoisotopic (exact) mass is 598 g/mol. The third-order valence-corrected chi connectivity index (χ3v) is 5.38. The second kappa shape index (κ2) is 37.1. The quantitative estimate of drug-likeness (QED) is 0.0779. The van der Waals surface area contributed by atoms with Crippen LogP contribution in [0.15, 0.2) is 0 Å². The molecule has 0 aliphatic carbocycles. The van der Waals surface area contributed by atoms with Gasteiger partial charge in [-0.2, -0.15) is 0 Å². The number of carbonyl (C=O) groups is 1. The predicted molar refractivity (Wildman–Crippen MR) is 154 cm³/mol. The number of unbranched alkanes of at least 4 members (excludes halogenated alkanes) is 4. The first-order valence-corrected chi connectivity index (χ1v) is 15.2. The lowest BCUT2D eigenvalue weighted by molar-refractivity contribution is -0.145. The average molecular weight is 599 g/mol. The molecule has 0 amide bonds. The fourth-order valence-electron chi connectivity index (χ4n) is 3.16. The van der Waals surface area contributed by atoms with E-state index in [0.717, 1.165) is 12.8 Å². The largest absolute Gasteiger partial charge is 0.463 e. The zero-order valence-corrected chi connectivity index (χ0v) is 25.8. The van der Waals surface area contributed by atoms with Gasteiger partial charge in [0.2, 0.25) is 0 Å². The van der Waals surface area contributed by atoms with Crippen molar-refractivity contribution in [1.82, 2.24) is 0 Å². The van der Waals surface area contributed by atoms with Crippen LogP contribution in [0.5, 0.6) is 0 Å². The van der Waals surface area contributed by atoms with E-state index in [0.29, 0.717) is 132 Å². The van der Waals surface area contributed by atoms with Crippen LogP contribution in [0.3, 0.4) is 0 Å². The van der Waals surface area contributed by atoms with Crippen LogP contribution in [-0.2, 0) is 56.9 Å². The Bertz CT molecular complexity index is 498. The molecule has 0 aromatic carbocycles. The number of esters is 1. The first kappa shape index (κ1) is 40.1. The molecular formula is C29H58O12. The summed E-state index contributed by atoms with van der Waals surface area (Å²) in [4.78, 5) is 11.6. The highest BCUT2D eigenvalue weighted by atomic mass is 16.6. The van der Waals surface area contributed by atoms with E-state index in [-0.39, 0.29) is 12.6 Å². The van der Waals surface area contributed by atoms with Gasteiger partial charge in [0.25, 0.3) is 0 Å². The highest BCUT2D eigenvalue weighted by Crippen LogP contribution is 2.05. The van der Waals surface area contributed by atoms with Gasteiger partial charge in [-0.05, 0) is 6.42 Å². The Balaban J connectivity index is 3.08. The molecule has 0 heterocycles. The molecule has 12 heteroatoms. The molecule has 0 unspecified atom stereocenters. The van der Waals surface area contributed by atoms with E-state index < -0.39 is 0 Å². The zero-order chi connectivity index (χ0) is 29.7. The van der Waals surface area contributed by atoms with Crippen molar-refractivity contribution >= 4 is 5.97 Å². The van der Waals surface area contributed by atoms with Crippen LogP contribution < -0.4 is 0 Å². The highest BCUT2D eigenvalue weighted by Gasteiger charge is 2.02. The summed E-state index contributed by atoms with van der Waals surface area (Å²) in [6.07, 6.45) is 6.09. The van der Waals surface area contributed by atoms with Gasteiger partial charge in [-0.25, -0.2) is 0 Å². The molecule has 0 fully saturated rings. The summed E-state index contributed by atoms with van der Waals surface area (Å²) in [6.45, 7) is 12.2. The van der Waals surface area contributed by atoms with Crippen molar-refractivity contribution in [1.29, 1.82) is 0 Å². The summed E-state index contributed by atoms with van der Waals surface area (Å²) in [7, 11) is 1.64. The lowest BCUT2D eigenvalue weighted by atomic mass is 10.1. The van der Waals surface area contributed by atoms with Crippen LogP contribution in [0.4, 0.5) is 0 Å². The molecule has 0 atom stereocenters. The summed E-state index contributed by atoms with van der Waals surface area (Å²) in [6, 6.07) is 0. The molecule has 0 aliphatic heterocycles. The third kappa shape index (κ3) is 37.0. The van der Waals surface area contributed by atoms with E-state index in [9.17, 15) is 4.79 Å². The van der Waals surface area contributed by atoms with E-state index in [1.807, 2.05) is 0 Å². The van der Waals surface area contributed by atoms with Gasteiger partial charge in [-0.3, -0.25) is 4.79 Å². The van der Waals surface area contributed by atoms with Crippen molar-refractivity contribution < 1.29 is 56.9 Å². The van der Waals surface area contributed by atoms with Crippen molar-refractivity contribution in [2.24, 2.45) is 0 Å². The van der Waals surface area contributed by atoms with Gasteiger partial charge in [-0.15, -0.1) is 0 Å². The molecule has 0 spiro atoms. The summed E-state index contributed by atoms with van der Waals surface area (Å²) in [5, 5.41) is 0. The van der Waals surface area contributed by atoms with Crippen molar-refractivity contribution in [3.05, 3.63) is 0 Å². The summed E-state index contributed by atoms with van der Waals surface area (Å²) < 4.78 is 58.8. The van der Waals surface area contributed by atoms with Gasteiger partial charge in [0.15, 0.2) is 0 Å². The van der Waals surface area contributed by atoms with Crippen molar-refractivity contribution in [2.75, 3.05) is 139 Å². The number of methoxy groups -OCH3 is 1. The minimum absolute atomic E-state index is 0.145. The topological polar surface area (TPSA) is 119 Å². The van der Waals surface area contributed by atoms with Crippen LogP contribution in [0, 0.1) is 0 Å². The molecule has 0 saturated heterocycles. The molecule has 0 aliphatic rings. The SMILES string of the molecule is CCCCCCCC(=O)OCCOCCOCCOCCOCCOCCOCCOCCOCCOCCOC. The zero-order valence-electron chi connectivity index (χ0n) is 25.8. The Kier molecular flexibility index (Phi) is 36.3. The Morgan fingerprint density at radius 2 is 0.683 bits per heavy atom. The first-order valence-electron chi connectivity index (χ1n) is 15.2. The number of ether oxygens (including phenoxy) is 11. The van der Waals surface area contributed by atoms with E-state index in [1.165, 1.54) is 19.3 Å². The number of carbonyl (C=O) groups excluding carboxylic acids is 1. The number of rotatable bonds is 36.